The van der Waals surface area contributed by atoms with Crippen molar-refractivity contribution in [3.63, 3.8) is 0 Å². The maximum atomic E-state index is 8.76. The third kappa shape index (κ3) is 1.80. The van der Waals surface area contributed by atoms with E-state index in [1.165, 1.54) is 0 Å². The fraction of sp³-hybridized carbons (Fsp3) is 0.250. The average molecular weight is 213 g/mol. The summed E-state index contributed by atoms with van der Waals surface area (Å²) in [6.07, 6.45) is 0.749. The van der Waals surface area contributed by atoms with Gasteiger partial charge in [0.05, 0.1) is 11.6 Å². The summed E-state index contributed by atoms with van der Waals surface area (Å²) in [5.41, 5.74) is 2.48. The minimum Gasteiger partial charge on any atom is -0.334 e. The highest BCUT2D eigenvalue weighted by Gasteiger charge is 2.10. The second-order valence-electron chi connectivity index (χ2n) is 3.51. The summed E-state index contributed by atoms with van der Waals surface area (Å²) >= 11 is 0. The Morgan fingerprint density at radius 1 is 1.44 bits per heavy atom. The lowest BCUT2D eigenvalue weighted by Crippen LogP contribution is -1.86. The molecule has 0 amide bonds. The lowest BCUT2D eigenvalue weighted by atomic mass is 10.1. The second kappa shape index (κ2) is 4.15. The summed E-state index contributed by atoms with van der Waals surface area (Å²) in [7, 11) is 0. The topological polar surface area (TPSA) is 62.7 Å². The summed E-state index contributed by atoms with van der Waals surface area (Å²) in [5.74, 6) is 1.21. The van der Waals surface area contributed by atoms with Crippen LogP contribution < -0.4 is 0 Å². The lowest BCUT2D eigenvalue weighted by molar-refractivity contribution is 0.423. The number of nitrogens with zero attached hydrogens (tertiary/aromatic N) is 3. The molecule has 2 rings (SSSR count). The maximum absolute atomic E-state index is 8.76. The molecule has 0 aliphatic carbocycles. The Balaban J connectivity index is 2.45. The Hall–Kier alpha value is -2.15. The van der Waals surface area contributed by atoms with E-state index in [1.54, 1.807) is 6.07 Å². The molecule has 16 heavy (non-hydrogen) atoms. The van der Waals surface area contributed by atoms with Crippen molar-refractivity contribution in [2.24, 2.45) is 0 Å². The first-order valence-electron chi connectivity index (χ1n) is 5.08. The average Bonchev–Trinajstić information content (AvgIpc) is 2.77. The maximum Gasteiger partial charge on any atom is 0.258 e. The third-order valence-corrected chi connectivity index (χ3v) is 2.37. The van der Waals surface area contributed by atoms with E-state index >= 15 is 0 Å². The van der Waals surface area contributed by atoms with Crippen molar-refractivity contribution in [2.45, 2.75) is 20.3 Å². The summed E-state index contributed by atoms with van der Waals surface area (Å²) in [6.45, 7) is 3.90. The van der Waals surface area contributed by atoms with Gasteiger partial charge in [0, 0.05) is 12.0 Å². The summed E-state index contributed by atoms with van der Waals surface area (Å²) in [4.78, 5) is 4.25. The molecule has 0 radical (unpaired) electrons. The monoisotopic (exact) mass is 213 g/mol. The van der Waals surface area contributed by atoms with Crippen molar-refractivity contribution in [2.75, 3.05) is 0 Å². The molecule has 0 aliphatic heterocycles. The van der Waals surface area contributed by atoms with Gasteiger partial charge in [-0.3, -0.25) is 0 Å². The van der Waals surface area contributed by atoms with Crippen LogP contribution in [0.4, 0.5) is 0 Å². The predicted octanol–water partition coefficient (Wildman–Crippen LogP) is 2.48. The van der Waals surface area contributed by atoms with E-state index in [9.17, 15) is 0 Å². The van der Waals surface area contributed by atoms with E-state index in [0.29, 0.717) is 17.3 Å². The standard InChI is InChI=1S/C12H11N3O/c1-3-11-14-12(16-15-11)10-5-4-9(7-13)6-8(10)2/h4-6H,3H2,1-2H3. The van der Waals surface area contributed by atoms with Gasteiger partial charge in [-0.15, -0.1) is 0 Å². The summed E-state index contributed by atoms with van der Waals surface area (Å²) < 4.78 is 5.15. The number of hydrogen-bond donors (Lipinski definition) is 0. The van der Waals surface area contributed by atoms with E-state index in [1.807, 2.05) is 26.0 Å². The van der Waals surface area contributed by atoms with Crippen LogP contribution in [0, 0.1) is 18.3 Å². The molecule has 1 aromatic heterocycles. The van der Waals surface area contributed by atoms with Crippen LogP contribution in [0.25, 0.3) is 11.5 Å². The molecule has 4 heteroatoms. The molecule has 0 spiro atoms. The fourth-order valence-electron chi connectivity index (χ4n) is 1.48. The SMILES string of the molecule is CCc1noc(-c2ccc(C#N)cc2C)n1. The summed E-state index contributed by atoms with van der Waals surface area (Å²) in [5, 5.41) is 12.6. The molecular formula is C12H11N3O. The Morgan fingerprint density at radius 3 is 2.81 bits per heavy atom. The van der Waals surface area contributed by atoms with Gasteiger partial charge < -0.3 is 4.52 Å². The van der Waals surface area contributed by atoms with Crippen LogP contribution in [0.2, 0.25) is 0 Å². The molecule has 0 saturated heterocycles. The van der Waals surface area contributed by atoms with Crippen LogP contribution in [0.3, 0.4) is 0 Å². The highest BCUT2D eigenvalue weighted by Crippen LogP contribution is 2.22. The molecule has 4 nitrogen and oxygen atoms in total. The zero-order valence-electron chi connectivity index (χ0n) is 9.19. The van der Waals surface area contributed by atoms with Gasteiger partial charge in [0.25, 0.3) is 5.89 Å². The molecule has 0 N–H and O–H groups in total. The molecule has 1 heterocycles. The molecule has 0 saturated carbocycles. The number of aryl methyl sites for hydroxylation is 2. The first-order valence-corrected chi connectivity index (χ1v) is 5.08. The van der Waals surface area contributed by atoms with Gasteiger partial charge in [0.2, 0.25) is 0 Å². The van der Waals surface area contributed by atoms with E-state index < -0.39 is 0 Å². The van der Waals surface area contributed by atoms with Crippen molar-refractivity contribution < 1.29 is 4.52 Å². The van der Waals surface area contributed by atoms with Gasteiger partial charge in [-0.25, -0.2) is 0 Å². The molecule has 80 valence electrons. The highest BCUT2D eigenvalue weighted by molar-refractivity contribution is 5.60. The molecule has 0 fully saturated rings. The number of aromatic nitrogens is 2. The Kier molecular flexibility index (Phi) is 2.69. The van der Waals surface area contributed by atoms with Crippen LogP contribution >= 0.6 is 0 Å². The smallest absolute Gasteiger partial charge is 0.258 e. The van der Waals surface area contributed by atoms with Crippen LogP contribution in [-0.4, -0.2) is 10.1 Å². The van der Waals surface area contributed by atoms with Crippen LogP contribution in [-0.2, 0) is 6.42 Å². The number of benzene rings is 1. The van der Waals surface area contributed by atoms with Crippen LogP contribution in [0.1, 0.15) is 23.9 Å². The molecule has 0 atom stereocenters. The fourth-order valence-corrected chi connectivity index (χ4v) is 1.48. The molecule has 0 aliphatic rings. The van der Waals surface area contributed by atoms with Crippen molar-refractivity contribution in [3.8, 4) is 17.5 Å². The molecule has 2 aromatic rings. The normalized spacial score (nSPS) is 10.1. The minimum atomic E-state index is 0.513. The molecular weight excluding hydrogens is 202 g/mol. The van der Waals surface area contributed by atoms with E-state index in [2.05, 4.69) is 16.2 Å². The predicted molar refractivity (Wildman–Crippen MR) is 58.6 cm³/mol. The van der Waals surface area contributed by atoms with E-state index in [0.717, 1.165) is 17.5 Å². The summed E-state index contributed by atoms with van der Waals surface area (Å²) in [6, 6.07) is 7.49. The van der Waals surface area contributed by atoms with Gasteiger partial charge in [-0.2, -0.15) is 10.2 Å². The Bertz CT molecular complexity index is 552. The molecule has 0 bridgehead atoms. The van der Waals surface area contributed by atoms with Gasteiger partial charge in [-0.05, 0) is 30.7 Å². The zero-order chi connectivity index (χ0) is 11.5. The third-order valence-electron chi connectivity index (χ3n) is 2.37. The lowest BCUT2D eigenvalue weighted by Gasteiger charge is -1.99. The zero-order valence-corrected chi connectivity index (χ0v) is 9.19. The Labute approximate surface area is 93.5 Å². The largest absolute Gasteiger partial charge is 0.334 e. The van der Waals surface area contributed by atoms with E-state index in [-0.39, 0.29) is 0 Å². The second-order valence-corrected chi connectivity index (χ2v) is 3.51. The number of nitriles is 1. The minimum absolute atomic E-state index is 0.513. The van der Waals surface area contributed by atoms with Crippen molar-refractivity contribution in [1.29, 1.82) is 5.26 Å². The Morgan fingerprint density at radius 2 is 2.25 bits per heavy atom. The van der Waals surface area contributed by atoms with Crippen LogP contribution in [0.5, 0.6) is 0 Å². The first kappa shape index (κ1) is 10.4. The van der Waals surface area contributed by atoms with Gasteiger partial charge in [0.1, 0.15) is 0 Å². The van der Waals surface area contributed by atoms with Gasteiger partial charge in [-0.1, -0.05) is 12.1 Å². The number of rotatable bonds is 2. The van der Waals surface area contributed by atoms with Gasteiger partial charge >= 0.3 is 0 Å². The van der Waals surface area contributed by atoms with Crippen LogP contribution in [0.15, 0.2) is 22.7 Å². The van der Waals surface area contributed by atoms with Crippen molar-refractivity contribution >= 4 is 0 Å². The number of hydrogen-bond acceptors (Lipinski definition) is 4. The van der Waals surface area contributed by atoms with E-state index in [4.69, 9.17) is 9.78 Å². The molecule has 0 unspecified atom stereocenters. The first-order chi connectivity index (χ1) is 7.74. The van der Waals surface area contributed by atoms with Crippen molar-refractivity contribution in [1.82, 2.24) is 10.1 Å². The van der Waals surface area contributed by atoms with Crippen molar-refractivity contribution in [3.05, 3.63) is 35.2 Å². The quantitative estimate of drug-likeness (QED) is 0.768. The molecule has 1 aromatic carbocycles. The highest BCUT2D eigenvalue weighted by atomic mass is 16.5. The van der Waals surface area contributed by atoms with Gasteiger partial charge in [0.15, 0.2) is 5.82 Å².